The maximum atomic E-state index is 13.7. The molecule has 1 saturated heterocycles. The third-order valence-corrected chi connectivity index (χ3v) is 9.79. The molecule has 2 atom stereocenters. The van der Waals surface area contributed by atoms with Crippen LogP contribution >= 0.6 is 34.4 Å². The third-order valence-electron chi connectivity index (χ3n) is 6.14. The minimum Gasteiger partial charge on any atom is -0.376 e. The zero-order valence-electron chi connectivity index (χ0n) is 17.3. The average Bonchev–Trinajstić information content (AvgIpc) is 3.54. The van der Waals surface area contributed by atoms with Gasteiger partial charge in [0.05, 0.1) is 33.5 Å². The van der Waals surface area contributed by atoms with E-state index in [9.17, 15) is 4.79 Å². The molecule has 4 aromatic rings. The van der Waals surface area contributed by atoms with Gasteiger partial charge in [-0.05, 0) is 56.7 Å². The van der Waals surface area contributed by atoms with Crippen molar-refractivity contribution >= 4 is 54.9 Å². The van der Waals surface area contributed by atoms with Gasteiger partial charge in [-0.1, -0.05) is 23.9 Å². The second kappa shape index (κ2) is 7.99. The van der Waals surface area contributed by atoms with Crippen LogP contribution in [0.1, 0.15) is 46.9 Å². The normalized spacial score (nSPS) is 19.5. The molecule has 8 heteroatoms. The Labute approximate surface area is 192 Å². The topological polar surface area (TPSA) is 57.0 Å². The maximum Gasteiger partial charge on any atom is 0.263 e. The quantitative estimate of drug-likeness (QED) is 0.282. The van der Waals surface area contributed by atoms with Crippen molar-refractivity contribution in [3.63, 3.8) is 0 Å². The van der Waals surface area contributed by atoms with Crippen LogP contribution in [0.25, 0.3) is 20.4 Å². The highest BCUT2D eigenvalue weighted by Crippen LogP contribution is 2.40. The zero-order valence-corrected chi connectivity index (χ0v) is 19.7. The molecule has 0 N–H and O–H groups in total. The standard InChI is InChI=1S/C23H23N3O2S3/c1-13(20-24-16-8-2-3-9-18(16)31-20)29-23-25-21-19(15-7-4-10-17(15)30-21)22(27)26(23)12-14-6-5-11-28-14/h2-3,8-9,13-14H,4-7,10-12H2,1H3/t13-,14-/m1/s1. The number of thioether (sulfide) groups is 1. The van der Waals surface area contributed by atoms with Crippen LogP contribution in [0.15, 0.2) is 34.2 Å². The van der Waals surface area contributed by atoms with E-state index in [0.29, 0.717) is 6.54 Å². The monoisotopic (exact) mass is 469 g/mol. The molecule has 1 fully saturated rings. The number of benzene rings is 1. The van der Waals surface area contributed by atoms with Crippen molar-refractivity contribution in [2.45, 2.75) is 62.1 Å². The highest BCUT2D eigenvalue weighted by atomic mass is 32.2. The smallest absolute Gasteiger partial charge is 0.263 e. The minimum absolute atomic E-state index is 0.0979. The molecular weight excluding hydrogens is 446 g/mol. The summed E-state index contributed by atoms with van der Waals surface area (Å²) in [5.74, 6) is 0. The van der Waals surface area contributed by atoms with E-state index in [4.69, 9.17) is 14.7 Å². The summed E-state index contributed by atoms with van der Waals surface area (Å²) in [6.45, 7) is 3.53. The molecule has 2 aliphatic rings. The molecule has 1 aliphatic heterocycles. The average molecular weight is 470 g/mol. The molecule has 0 saturated carbocycles. The summed E-state index contributed by atoms with van der Waals surface area (Å²) in [7, 11) is 0. The molecule has 0 spiro atoms. The van der Waals surface area contributed by atoms with E-state index in [1.165, 1.54) is 15.1 Å². The Bertz CT molecular complexity index is 1300. The third kappa shape index (κ3) is 3.53. The molecule has 31 heavy (non-hydrogen) atoms. The fourth-order valence-corrected chi connectivity index (χ4v) is 7.97. The molecule has 0 radical (unpaired) electrons. The first kappa shape index (κ1) is 19.9. The van der Waals surface area contributed by atoms with Crippen LogP contribution in [-0.4, -0.2) is 27.2 Å². The molecule has 5 nitrogen and oxygen atoms in total. The number of aryl methyl sites for hydroxylation is 2. The number of hydrogen-bond acceptors (Lipinski definition) is 7. The van der Waals surface area contributed by atoms with Gasteiger partial charge in [0, 0.05) is 11.5 Å². The predicted molar refractivity (Wildman–Crippen MR) is 129 cm³/mol. The Kier molecular flexibility index (Phi) is 5.13. The molecule has 0 amide bonds. The lowest BCUT2D eigenvalue weighted by atomic mass is 10.2. The maximum absolute atomic E-state index is 13.7. The van der Waals surface area contributed by atoms with E-state index < -0.39 is 0 Å². The lowest BCUT2D eigenvalue weighted by molar-refractivity contribution is 0.0937. The van der Waals surface area contributed by atoms with E-state index >= 15 is 0 Å². The Hall–Kier alpha value is -1.74. The summed E-state index contributed by atoms with van der Waals surface area (Å²) < 4.78 is 8.96. The lowest BCUT2D eigenvalue weighted by Gasteiger charge is -2.17. The zero-order chi connectivity index (χ0) is 20.9. The number of aromatic nitrogens is 3. The van der Waals surface area contributed by atoms with Crippen molar-refractivity contribution in [2.24, 2.45) is 0 Å². The molecule has 1 aliphatic carbocycles. The number of fused-ring (bicyclic) bond motifs is 4. The van der Waals surface area contributed by atoms with Crippen LogP contribution in [-0.2, 0) is 24.1 Å². The highest BCUT2D eigenvalue weighted by molar-refractivity contribution is 7.99. The first-order valence-corrected chi connectivity index (χ1v) is 13.4. The number of rotatable bonds is 5. The van der Waals surface area contributed by atoms with Gasteiger partial charge in [0.25, 0.3) is 5.56 Å². The van der Waals surface area contributed by atoms with Crippen LogP contribution in [0.4, 0.5) is 0 Å². The first-order chi connectivity index (χ1) is 15.2. The number of ether oxygens (including phenoxy) is 1. The van der Waals surface area contributed by atoms with Crippen molar-refractivity contribution in [2.75, 3.05) is 6.61 Å². The van der Waals surface area contributed by atoms with Crippen LogP contribution in [0.2, 0.25) is 0 Å². The molecular formula is C23H23N3O2S3. The van der Waals surface area contributed by atoms with Crippen molar-refractivity contribution in [3.8, 4) is 0 Å². The minimum atomic E-state index is 0.0979. The molecule has 0 bridgehead atoms. The summed E-state index contributed by atoms with van der Waals surface area (Å²) >= 11 is 5.07. The van der Waals surface area contributed by atoms with Gasteiger partial charge in [0.1, 0.15) is 9.84 Å². The van der Waals surface area contributed by atoms with Crippen molar-refractivity contribution in [3.05, 3.63) is 50.1 Å². The summed E-state index contributed by atoms with van der Waals surface area (Å²) in [6.07, 6.45) is 5.39. The number of thiophene rings is 1. The fourth-order valence-electron chi connectivity index (χ4n) is 4.57. The summed E-state index contributed by atoms with van der Waals surface area (Å²) in [4.78, 5) is 25.8. The van der Waals surface area contributed by atoms with Gasteiger partial charge in [-0.2, -0.15) is 0 Å². The van der Waals surface area contributed by atoms with Gasteiger partial charge in [-0.25, -0.2) is 9.97 Å². The first-order valence-electron chi connectivity index (χ1n) is 10.9. The van der Waals surface area contributed by atoms with E-state index in [1.54, 1.807) is 34.4 Å². The van der Waals surface area contributed by atoms with E-state index in [1.807, 2.05) is 16.7 Å². The van der Waals surface area contributed by atoms with Gasteiger partial charge in [0.2, 0.25) is 0 Å². The number of thiazole rings is 1. The van der Waals surface area contributed by atoms with Gasteiger partial charge in [0.15, 0.2) is 5.16 Å². The molecule has 160 valence electrons. The Morgan fingerprint density at radius 2 is 2.13 bits per heavy atom. The summed E-state index contributed by atoms with van der Waals surface area (Å²) in [5, 5.41) is 2.83. The van der Waals surface area contributed by atoms with Gasteiger partial charge in [-0.3, -0.25) is 9.36 Å². The SMILES string of the molecule is C[C@@H](Sc1nc2sc3c(c2c(=O)n1C[C@H]1CCCO1)CCC3)c1nc2ccccc2s1. The Morgan fingerprint density at radius 1 is 1.23 bits per heavy atom. The summed E-state index contributed by atoms with van der Waals surface area (Å²) in [6, 6.07) is 8.23. The number of nitrogens with zero attached hydrogens (tertiary/aromatic N) is 3. The molecule has 3 aromatic heterocycles. The molecule has 4 heterocycles. The van der Waals surface area contributed by atoms with Crippen LogP contribution < -0.4 is 5.56 Å². The Balaban J connectivity index is 1.42. The van der Waals surface area contributed by atoms with Gasteiger partial charge < -0.3 is 4.74 Å². The Morgan fingerprint density at radius 3 is 2.97 bits per heavy atom. The molecule has 1 aromatic carbocycles. The van der Waals surface area contributed by atoms with Gasteiger partial charge >= 0.3 is 0 Å². The molecule has 0 unspecified atom stereocenters. The van der Waals surface area contributed by atoms with Gasteiger partial charge in [-0.15, -0.1) is 22.7 Å². The van der Waals surface area contributed by atoms with Crippen LogP contribution in [0, 0.1) is 0 Å². The van der Waals surface area contributed by atoms with E-state index in [0.717, 1.165) is 64.6 Å². The largest absolute Gasteiger partial charge is 0.376 e. The second-order valence-electron chi connectivity index (χ2n) is 8.26. The lowest BCUT2D eigenvalue weighted by Crippen LogP contribution is -2.29. The van der Waals surface area contributed by atoms with E-state index in [-0.39, 0.29) is 16.9 Å². The molecule has 6 rings (SSSR count). The van der Waals surface area contributed by atoms with E-state index in [2.05, 4.69) is 19.1 Å². The number of para-hydroxylation sites is 1. The van der Waals surface area contributed by atoms with Crippen LogP contribution in [0.3, 0.4) is 0 Å². The highest BCUT2D eigenvalue weighted by Gasteiger charge is 2.26. The number of hydrogen-bond donors (Lipinski definition) is 0. The predicted octanol–water partition coefficient (Wildman–Crippen LogP) is 5.59. The van der Waals surface area contributed by atoms with Crippen molar-refractivity contribution in [1.82, 2.24) is 14.5 Å². The fraction of sp³-hybridized carbons (Fsp3) is 0.435. The van der Waals surface area contributed by atoms with Crippen LogP contribution in [0.5, 0.6) is 0 Å². The van der Waals surface area contributed by atoms with Crippen molar-refractivity contribution < 1.29 is 4.74 Å². The van der Waals surface area contributed by atoms with Crippen molar-refractivity contribution in [1.29, 1.82) is 0 Å². The summed E-state index contributed by atoms with van der Waals surface area (Å²) in [5.41, 5.74) is 2.39. The second-order valence-corrected chi connectivity index (χ2v) is 11.7.